The number of anilines is 2. The van der Waals surface area contributed by atoms with E-state index in [1.54, 1.807) is 41.3 Å². The lowest BCUT2D eigenvalue weighted by Crippen LogP contribution is -2.54. The molecule has 1 fully saturated rings. The predicted octanol–water partition coefficient (Wildman–Crippen LogP) is 3.87. The highest BCUT2D eigenvalue weighted by molar-refractivity contribution is 6.19. The highest BCUT2D eigenvalue weighted by Crippen LogP contribution is 2.21. The fourth-order valence-electron chi connectivity index (χ4n) is 3.34. The molecule has 0 saturated carbocycles. The van der Waals surface area contributed by atoms with Crippen molar-refractivity contribution < 1.29 is 14.0 Å². The van der Waals surface area contributed by atoms with E-state index in [0.717, 1.165) is 5.69 Å². The summed E-state index contributed by atoms with van der Waals surface area (Å²) in [4.78, 5) is 31.3. The topological polar surface area (TPSA) is 57.0 Å². The second-order valence-corrected chi connectivity index (χ2v) is 6.55. The summed E-state index contributed by atoms with van der Waals surface area (Å²) >= 11 is 0. The van der Waals surface area contributed by atoms with Crippen LogP contribution in [0.5, 0.6) is 0 Å². The summed E-state index contributed by atoms with van der Waals surface area (Å²) in [7, 11) is 0. The summed E-state index contributed by atoms with van der Waals surface area (Å²) in [6.07, 6.45) is 1.43. The number of piperazine rings is 1. The number of hydrogen-bond donors (Lipinski definition) is 0. The largest absolute Gasteiger partial charge is 0.459 e. The lowest BCUT2D eigenvalue weighted by molar-refractivity contribution is 0.0958. The highest BCUT2D eigenvalue weighted by Gasteiger charge is 2.32. The van der Waals surface area contributed by atoms with E-state index in [1.165, 1.54) is 11.2 Å². The summed E-state index contributed by atoms with van der Waals surface area (Å²) in [5.74, 6) is -0.327. The van der Waals surface area contributed by atoms with Crippen LogP contribution in [-0.2, 0) is 0 Å². The minimum atomic E-state index is -0.466. The molecule has 0 spiro atoms. The van der Waals surface area contributed by atoms with Gasteiger partial charge in [-0.05, 0) is 36.4 Å². The zero-order valence-electron chi connectivity index (χ0n) is 15.4. The van der Waals surface area contributed by atoms with Crippen LogP contribution in [0.4, 0.5) is 16.2 Å². The van der Waals surface area contributed by atoms with E-state index in [9.17, 15) is 9.59 Å². The van der Waals surface area contributed by atoms with Crippen molar-refractivity contribution in [3.8, 4) is 0 Å². The van der Waals surface area contributed by atoms with Gasteiger partial charge in [0.2, 0.25) is 0 Å². The molecule has 28 heavy (non-hydrogen) atoms. The highest BCUT2D eigenvalue weighted by atomic mass is 16.3. The zero-order chi connectivity index (χ0) is 19.3. The van der Waals surface area contributed by atoms with Crippen LogP contribution >= 0.6 is 0 Å². The summed E-state index contributed by atoms with van der Waals surface area (Å²) < 4.78 is 5.24. The molecule has 0 aliphatic carbocycles. The number of carbonyl (C=O) groups is 2. The summed E-state index contributed by atoms with van der Waals surface area (Å²) in [6.45, 7) is 2.52. The number of urea groups is 1. The molecule has 2 aromatic carbocycles. The van der Waals surface area contributed by atoms with Crippen molar-refractivity contribution in [2.24, 2.45) is 0 Å². The van der Waals surface area contributed by atoms with Gasteiger partial charge in [-0.15, -0.1) is 0 Å². The molecule has 0 N–H and O–H groups in total. The van der Waals surface area contributed by atoms with Gasteiger partial charge in [-0.3, -0.25) is 4.79 Å². The second-order valence-electron chi connectivity index (χ2n) is 6.55. The molecule has 4 rings (SSSR count). The molecule has 1 aliphatic heterocycles. The Hall–Kier alpha value is -3.54. The SMILES string of the molecule is O=C(c1ccco1)N(C(=O)N1CCN(c2ccccc2)CC1)c1ccccc1. The molecule has 1 saturated heterocycles. The second kappa shape index (κ2) is 8.00. The summed E-state index contributed by atoms with van der Waals surface area (Å²) in [6, 6.07) is 22.0. The van der Waals surface area contributed by atoms with E-state index in [-0.39, 0.29) is 11.8 Å². The monoisotopic (exact) mass is 375 g/mol. The molecule has 2 heterocycles. The molecule has 6 heteroatoms. The maximum absolute atomic E-state index is 13.2. The van der Waals surface area contributed by atoms with Crippen LogP contribution in [0.3, 0.4) is 0 Å². The van der Waals surface area contributed by atoms with Crippen molar-refractivity contribution in [3.05, 3.63) is 84.8 Å². The third-order valence-electron chi connectivity index (χ3n) is 4.81. The first kappa shape index (κ1) is 17.9. The normalized spacial score (nSPS) is 14.0. The number of nitrogens with zero attached hydrogens (tertiary/aromatic N) is 3. The molecule has 0 atom stereocenters. The van der Waals surface area contributed by atoms with E-state index in [0.29, 0.717) is 31.9 Å². The molecule has 6 nitrogen and oxygen atoms in total. The average molecular weight is 375 g/mol. The summed E-state index contributed by atoms with van der Waals surface area (Å²) in [5, 5.41) is 0. The predicted molar refractivity (Wildman–Crippen MR) is 108 cm³/mol. The van der Waals surface area contributed by atoms with Crippen molar-refractivity contribution in [3.63, 3.8) is 0 Å². The Morgan fingerprint density at radius 3 is 2.04 bits per heavy atom. The van der Waals surface area contributed by atoms with E-state index in [1.807, 2.05) is 24.3 Å². The maximum atomic E-state index is 13.2. The Labute approximate surface area is 163 Å². The van der Waals surface area contributed by atoms with Gasteiger partial charge in [-0.1, -0.05) is 36.4 Å². The fraction of sp³-hybridized carbons (Fsp3) is 0.182. The molecular formula is C22H21N3O3. The minimum Gasteiger partial charge on any atom is -0.459 e. The van der Waals surface area contributed by atoms with Crippen LogP contribution in [-0.4, -0.2) is 43.0 Å². The first-order chi connectivity index (χ1) is 13.7. The molecule has 3 aromatic rings. The van der Waals surface area contributed by atoms with Gasteiger partial charge in [0.1, 0.15) is 0 Å². The smallest absolute Gasteiger partial charge is 0.331 e. The van der Waals surface area contributed by atoms with Gasteiger partial charge in [0.25, 0.3) is 0 Å². The van der Waals surface area contributed by atoms with Gasteiger partial charge in [0.05, 0.1) is 12.0 Å². The third kappa shape index (κ3) is 3.62. The third-order valence-corrected chi connectivity index (χ3v) is 4.81. The van der Waals surface area contributed by atoms with Crippen molar-refractivity contribution in [2.75, 3.05) is 36.0 Å². The lowest BCUT2D eigenvalue weighted by atomic mass is 10.2. The van der Waals surface area contributed by atoms with E-state index >= 15 is 0 Å². The minimum absolute atomic E-state index is 0.139. The molecule has 0 unspecified atom stereocenters. The Bertz CT molecular complexity index is 918. The van der Waals surface area contributed by atoms with Gasteiger partial charge in [0, 0.05) is 31.9 Å². The Balaban J connectivity index is 1.53. The standard InChI is InChI=1S/C22H21N3O3/c26-21(20-12-7-17-28-20)25(19-10-5-2-6-11-19)22(27)24-15-13-23(14-16-24)18-8-3-1-4-9-18/h1-12,17H,13-16H2. The van der Waals surface area contributed by atoms with Gasteiger partial charge < -0.3 is 14.2 Å². The van der Waals surface area contributed by atoms with E-state index in [2.05, 4.69) is 17.0 Å². The number of carbonyl (C=O) groups excluding carboxylic acids is 2. The molecular weight excluding hydrogens is 354 g/mol. The number of rotatable bonds is 3. The van der Waals surface area contributed by atoms with Crippen LogP contribution in [0.25, 0.3) is 0 Å². The van der Waals surface area contributed by atoms with Gasteiger partial charge >= 0.3 is 11.9 Å². The fourth-order valence-corrected chi connectivity index (χ4v) is 3.34. The van der Waals surface area contributed by atoms with Crippen LogP contribution in [0, 0.1) is 0 Å². The van der Waals surface area contributed by atoms with Crippen molar-refractivity contribution >= 4 is 23.3 Å². The molecule has 142 valence electrons. The number of benzene rings is 2. The van der Waals surface area contributed by atoms with Gasteiger partial charge in [-0.2, -0.15) is 0 Å². The van der Waals surface area contributed by atoms with Crippen molar-refractivity contribution in [2.45, 2.75) is 0 Å². The number of furan rings is 1. The van der Waals surface area contributed by atoms with Crippen molar-refractivity contribution in [1.29, 1.82) is 0 Å². The van der Waals surface area contributed by atoms with Crippen molar-refractivity contribution in [1.82, 2.24) is 4.90 Å². The van der Waals surface area contributed by atoms with E-state index < -0.39 is 5.91 Å². The molecule has 1 aromatic heterocycles. The zero-order valence-corrected chi connectivity index (χ0v) is 15.4. The number of para-hydroxylation sites is 2. The Morgan fingerprint density at radius 1 is 0.786 bits per heavy atom. The lowest BCUT2D eigenvalue weighted by Gasteiger charge is -2.37. The molecule has 1 aliphatic rings. The first-order valence-corrected chi connectivity index (χ1v) is 9.26. The molecule has 0 bridgehead atoms. The average Bonchev–Trinajstić information content (AvgIpc) is 3.30. The molecule has 0 radical (unpaired) electrons. The van der Waals surface area contributed by atoms with Crippen LogP contribution in [0.15, 0.2) is 83.5 Å². The van der Waals surface area contributed by atoms with Gasteiger partial charge in [-0.25, -0.2) is 9.69 Å². The number of imide groups is 1. The van der Waals surface area contributed by atoms with E-state index in [4.69, 9.17) is 4.42 Å². The summed E-state index contributed by atoms with van der Waals surface area (Å²) in [5.41, 5.74) is 1.67. The number of hydrogen-bond acceptors (Lipinski definition) is 4. The number of amides is 3. The molecule has 3 amide bonds. The quantitative estimate of drug-likeness (QED) is 0.697. The van der Waals surface area contributed by atoms with Crippen LogP contribution < -0.4 is 9.80 Å². The van der Waals surface area contributed by atoms with Crippen LogP contribution in [0.1, 0.15) is 10.6 Å². The van der Waals surface area contributed by atoms with Crippen LogP contribution in [0.2, 0.25) is 0 Å². The first-order valence-electron chi connectivity index (χ1n) is 9.26. The maximum Gasteiger partial charge on any atom is 0.331 e. The van der Waals surface area contributed by atoms with Gasteiger partial charge in [0.15, 0.2) is 5.76 Å². The Kier molecular flexibility index (Phi) is 5.10. The Morgan fingerprint density at radius 2 is 1.43 bits per heavy atom.